The predicted molar refractivity (Wildman–Crippen MR) is 67.9 cm³/mol. The van der Waals surface area contributed by atoms with Crippen molar-refractivity contribution in [2.24, 2.45) is 5.92 Å². The van der Waals surface area contributed by atoms with Crippen LogP contribution >= 0.6 is 11.3 Å². The molecule has 0 radical (unpaired) electrons. The highest BCUT2D eigenvalue weighted by atomic mass is 32.1. The Bertz CT molecular complexity index is 283. The second-order valence-corrected chi connectivity index (χ2v) is 5.34. The number of aliphatic carboxylic acids is 1. The lowest BCUT2D eigenvalue weighted by Gasteiger charge is -2.20. The van der Waals surface area contributed by atoms with Gasteiger partial charge in [0.1, 0.15) is 0 Å². The van der Waals surface area contributed by atoms with Gasteiger partial charge in [0.2, 0.25) is 0 Å². The van der Waals surface area contributed by atoms with Crippen molar-refractivity contribution in [3.63, 3.8) is 0 Å². The lowest BCUT2D eigenvalue weighted by atomic mass is 9.87. The number of carboxylic acids is 1. The molecular weight excluding hydrogens is 220 g/mol. The molecule has 0 saturated heterocycles. The fourth-order valence-electron chi connectivity index (χ4n) is 2.10. The summed E-state index contributed by atoms with van der Waals surface area (Å²) in [4.78, 5) is 10.6. The van der Waals surface area contributed by atoms with Gasteiger partial charge in [-0.3, -0.25) is 4.79 Å². The maximum absolute atomic E-state index is 9.00. The summed E-state index contributed by atoms with van der Waals surface area (Å²) in [5.74, 6) is 0.164. The maximum atomic E-state index is 9.00. The lowest BCUT2D eigenvalue weighted by molar-refractivity contribution is -0.134. The zero-order chi connectivity index (χ0) is 11.8. The molecule has 0 bridgehead atoms. The minimum atomic E-state index is -0.833. The van der Waals surface area contributed by atoms with E-state index in [1.54, 1.807) is 4.88 Å². The molecule has 2 rings (SSSR count). The largest absolute Gasteiger partial charge is 0.481 e. The third kappa shape index (κ3) is 5.91. The van der Waals surface area contributed by atoms with Gasteiger partial charge in [-0.15, -0.1) is 11.3 Å². The average Bonchev–Trinajstić information content (AvgIpc) is 2.71. The Balaban J connectivity index is 0.000000280. The second kappa shape index (κ2) is 7.44. The molecule has 1 aliphatic carbocycles. The number of rotatable bonds is 2. The van der Waals surface area contributed by atoms with Crippen molar-refractivity contribution in [1.29, 1.82) is 0 Å². The molecule has 0 aliphatic heterocycles. The summed E-state index contributed by atoms with van der Waals surface area (Å²) >= 11 is 1.92. The molecule has 0 unspecified atom stereocenters. The van der Waals surface area contributed by atoms with Gasteiger partial charge >= 0.3 is 0 Å². The number of thiophene rings is 1. The van der Waals surface area contributed by atoms with E-state index in [4.69, 9.17) is 9.90 Å². The van der Waals surface area contributed by atoms with E-state index in [-0.39, 0.29) is 0 Å². The third-order valence-corrected chi connectivity index (χ3v) is 3.69. The molecule has 1 N–H and O–H groups in total. The molecule has 90 valence electrons. The van der Waals surface area contributed by atoms with E-state index in [1.165, 1.54) is 38.5 Å². The monoisotopic (exact) mass is 240 g/mol. The fourth-order valence-corrected chi connectivity index (χ4v) is 2.93. The van der Waals surface area contributed by atoms with Gasteiger partial charge in [0.25, 0.3) is 5.97 Å². The van der Waals surface area contributed by atoms with Crippen LogP contribution in [0, 0.1) is 5.92 Å². The van der Waals surface area contributed by atoms with Gasteiger partial charge in [0.15, 0.2) is 0 Å². The van der Waals surface area contributed by atoms with E-state index < -0.39 is 5.97 Å². The van der Waals surface area contributed by atoms with Crippen LogP contribution in [0.4, 0.5) is 0 Å². The molecule has 3 heteroatoms. The molecule has 1 heterocycles. The van der Waals surface area contributed by atoms with Gasteiger partial charge in [0.05, 0.1) is 0 Å². The number of hydrogen-bond donors (Lipinski definition) is 1. The maximum Gasteiger partial charge on any atom is 0.300 e. The van der Waals surface area contributed by atoms with Crippen molar-refractivity contribution in [2.75, 3.05) is 0 Å². The smallest absolute Gasteiger partial charge is 0.300 e. The van der Waals surface area contributed by atoms with Gasteiger partial charge in [-0.2, -0.15) is 0 Å². The van der Waals surface area contributed by atoms with E-state index in [0.29, 0.717) is 0 Å². The quantitative estimate of drug-likeness (QED) is 0.849. The third-order valence-electron chi connectivity index (χ3n) is 2.79. The highest BCUT2D eigenvalue weighted by molar-refractivity contribution is 7.09. The molecule has 16 heavy (non-hydrogen) atoms. The molecule has 0 amide bonds. The van der Waals surface area contributed by atoms with Gasteiger partial charge in [-0.1, -0.05) is 38.2 Å². The standard InChI is InChI=1S/C11H16S.C2H4O2/c1-2-5-10(6-3-1)9-11-7-4-8-12-11;1-2(3)4/h4,7-8,10H,1-3,5-6,9H2;1H3,(H,3,4). The number of hydrogen-bond acceptors (Lipinski definition) is 2. The molecule has 0 aromatic carbocycles. The minimum absolute atomic E-state index is 0.833. The zero-order valence-electron chi connectivity index (χ0n) is 9.82. The predicted octanol–water partition coefficient (Wildman–Crippen LogP) is 3.96. The number of carboxylic acid groups (broad SMARTS) is 1. The number of carbonyl (C=O) groups is 1. The molecule has 1 aromatic rings. The first-order valence-corrected chi connectivity index (χ1v) is 6.78. The van der Waals surface area contributed by atoms with Crippen LogP contribution in [0.1, 0.15) is 43.9 Å². The first-order chi connectivity index (χ1) is 7.68. The molecule has 1 aromatic heterocycles. The van der Waals surface area contributed by atoms with Crippen LogP contribution in [0.15, 0.2) is 17.5 Å². The summed E-state index contributed by atoms with van der Waals surface area (Å²) in [6, 6.07) is 4.45. The summed E-state index contributed by atoms with van der Waals surface area (Å²) in [6.07, 6.45) is 8.69. The lowest BCUT2D eigenvalue weighted by Crippen LogP contribution is -2.08. The van der Waals surface area contributed by atoms with Crippen LogP contribution in [-0.4, -0.2) is 11.1 Å². The van der Waals surface area contributed by atoms with E-state index in [0.717, 1.165) is 12.8 Å². The molecule has 1 fully saturated rings. The van der Waals surface area contributed by atoms with Crippen LogP contribution < -0.4 is 0 Å². The van der Waals surface area contributed by atoms with Crippen LogP contribution in [0.2, 0.25) is 0 Å². The van der Waals surface area contributed by atoms with E-state index >= 15 is 0 Å². The fraction of sp³-hybridized carbons (Fsp3) is 0.615. The highest BCUT2D eigenvalue weighted by Gasteiger charge is 2.13. The Hall–Kier alpha value is -0.830. The van der Waals surface area contributed by atoms with E-state index in [9.17, 15) is 0 Å². The van der Waals surface area contributed by atoms with E-state index in [1.807, 2.05) is 11.3 Å². The summed E-state index contributed by atoms with van der Waals surface area (Å²) in [6.45, 7) is 1.08. The van der Waals surface area contributed by atoms with Gasteiger partial charge in [-0.25, -0.2) is 0 Å². The van der Waals surface area contributed by atoms with Crippen molar-refractivity contribution < 1.29 is 9.90 Å². The Morgan fingerprint density at radius 2 is 2.06 bits per heavy atom. The molecular formula is C13H20O2S. The Kier molecular flexibility index (Phi) is 6.16. The highest BCUT2D eigenvalue weighted by Crippen LogP contribution is 2.27. The summed E-state index contributed by atoms with van der Waals surface area (Å²) < 4.78 is 0. The molecule has 0 spiro atoms. The van der Waals surface area contributed by atoms with Crippen LogP contribution in [0.25, 0.3) is 0 Å². The zero-order valence-corrected chi connectivity index (χ0v) is 10.6. The summed E-state index contributed by atoms with van der Waals surface area (Å²) in [5.41, 5.74) is 0. The topological polar surface area (TPSA) is 37.3 Å². The van der Waals surface area contributed by atoms with E-state index in [2.05, 4.69) is 17.5 Å². The van der Waals surface area contributed by atoms with Crippen molar-refractivity contribution in [3.05, 3.63) is 22.4 Å². The van der Waals surface area contributed by atoms with Crippen molar-refractivity contribution in [1.82, 2.24) is 0 Å². The van der Waals surface area contributed by atoms with Crippen molar-refractivity contribution in [2.45, 2.75) is 45.4 Å². The molecule has 1 saturated carbocycles. The SMILES string of the molecule is CC(=O)O.c1csc(CC2CCCCC2)c1. The first kappa shape index (κ1) is 13.2. The Morgan fingerprint density at radius 3 is 2.56 bits per heavy atom. The molecule has 2 nitrogen and oxygen atoms in total. The molecule has 1 aliphatic rings. The Morgan fingerprint density at radius 1 is 1.44 bits per heavy atom. The van der Waals surface area contributed by atoms with Gasteiger partial charge < -0.3 is 5.11 Å². The van der Waals surface area contributed by atoms with Crippen LogP contribution in [0.3, 0.4) is 0 Å². The summed E-state index contributed by atoms with van der Waals surface area (Å²) in [5, 5.41) is 9.61. The van der Waals surface area contributed by atoms with Crippen LogP contribution in [0.5, 0.6) is 0 Å². The average molecular weight is 240 g/mol. The molecule has 0 atom stereocenters. The minimum Gasteiger partial charge on any atom is -0.481 e. The van der Waals surface area contributed by atoms with Gasteiger partial charge in [0, 0.05) is 11.8 Å². The second-order valence-electron chi connectivity index (χ2n) is 4.31. The van der Waals surface area contributed by atoms with Crippen molar-refractivity contribution >= 4 is 17.3 Å². The Labute approximate surface area is 101 Å². The summed E-state index contributed by atoms with van der Waals surface area (Å²) in [7, 11) is 0. The normalized spacial score (nSPS) is 16.3. The first-order valence-electron chi connectivity index (χ1n) is 5.90. The van der Waals surface area contributed by atoms with Gasteiger partial charge in [-0.05, 0) is 23.8 Å². The van der Waals surface area contributed by atoms with Crippen molar-refractivity contribution in [3.8, 4) is 0 Å². The van der Waals surface area contributed by atoms with Crippen LogP contribution in [-0.2, 0) is 11.2 Å².